The van der Waals surface area contributed by atoms with Gasteiger partial charge in [0.25, 0.3) is 5.91 Å². The second kappa shape index (κ2) is 8.98. The minimum absolute atomic E-state index is 0.0172. The van der Waals surface area contributed by atoms with Gasteiger partial charge in [-0.15, -0.1) is 0 Å². The van der Waals surface area contributed by atoms with Crippen LogP contribution in [0.4, 0.5) is 10.1 Å². The van der Waals surface area contributed by atoms with Crippen LogP contribution >= 0.6 is 12.2 Å². The number of thiocarbonyl (C=S) groups is 1. The largest absolute Gasteiger partial charge is 0.481 e. The molecule has 0 fully saturated rings. The molecule has 0 saturated heterocycles. The molecule has 25 heavy (non-hydrogen) atoms. The van der Waals surface area contributed by atoms with Crippen molar-refractivity contribution in [1.82, 2.24) is 10.9 Å². The van der Waals surface area contributed by atoms with Crippen LogP contribution in [0.3, 0.4) is 0 Å². The lowest BCUT2D eigenvalue weighted by molar-refractivity contribution is -0.123. The van der Waals surface area contributed by atoms with E-state index >= 15 is 0 Å². The fourth-order valence-corrected chi connectivity index (χ4v) is 2.15. The first-order valence-corrected chi connectivity index (χ1v) is 8.19. The molecule has 1 amide bonds. The van der Waals surface area contributed by atoms with Gasteiger partial charge in [-0.2, -0.15) is 0 Å². The quantitative estimate of drug-likeness (QED) is 0.563. The molecule has 0 aliphatic rings. The second-order valence-electron chi connectivity index (χ2n) is 5.62. The van der Waals surface area contributed by atoms with Gasteiger partial charge in [-0.1, -0.05) is 38.1 Å². The van der Waals surface area contributed by atoms with E-state index in [9.17, 15) is 9.18 Å². The molecule has 0 aliphatic heterocycles. The number of hydrogen-bond acceptors (Lipinski definition) is 3. The summed E-state index contributed by atoms with van der Waals surface area (Å²) in [5, 5.41) is 3.18. The highest BCUT2D eigenvalue weighted by Gasteiger charge is 2.07. The fourth-order valence-electron chi connectivity index (χ4n) is 1.98. The molecule has 5 nitrogen and oxygen atoms in total. The van der Waals surface area contributed by atoms with Crippen molar-refractivity contribution in [3.63, 3.8) is 0 Å². The van der Waals surface area contributed by atoms with Gasteiger partial charge in [-0.05, 0) is 48.0 Å². The van der Waals surface area contributed by atoms with Gasteiger partial charge in [-0.3, -0.25) is 15.6 Å². The molecule has 2 aromatic carbocycles. The summed E-state index contributed by atoms with van der Waals surface area (Å²) in [6, 6.07) is 13.7. The summed E-state index contributed by atoms with van der Waals surface area (Å²) in [6.07, 6.45) is 0. The third kappa shape index (κ3) is 6.04. The van der Waals surface area contributed by atoms with Gasteiger partial charge >= 0.3 is 0 Å². The molecule has 0 aliphatic carbocycles. The number of para-hydroxylation sites is 1. The average Bonchev–Trinajstić information content (AvgIpc) is 2.59. The van der Waals surface area contributed by atoms with E-state index in [0.717, 1.165) is 5.69 Å². The number of amides is 1. The number of nitrogens with one attached hydrogen (secondary N) is 3. The molecule has 132 valence electrons. The Hall–Kier alpha value is -2.67. The highest BCUT2D eigenvalue weighted by molar-refractivity contribution is 7.80. The lowest BCUT2D eigenvalue weighted by atomic mass is 10.0. The van der Waals surface area contributed by atoms with Crippen molar-refractivity contribution in [3.05, 3.63) is 59.9 Å². The van der Waals surface area contributed by atoms with Crippen LogP contribution in [0, 0.1) is 5.82 Å². The van der Waals surface area contributed by atoms with E-state index in [-0.39, 0.29) is 17.5 Å². The Labute approximate surface area is 151 Å². The number of hydrazine groups is 1. The number of carbonyl (C=O) groups is 1. The van der Waals surface area contributed by atoms with Crippen molar-refractivity contribution in [2.75, 3.05) is 11.9 Å². The first-order valence-electron chi connectivity index (χ1n) is 7.79. The van der Waals surface area contributed by atoms with Gasteiger partial charge in [0.1, 0.15) is 0 Å². The molecule has 0 unspecified atom stereocenters. The topological polar surface area (TPSA) is 62.4 Å². The average molecular weight is 361 g/mol. The van der Waals surface area contributed by atoms with Crippen molar-refractivity contribution in [2.45, 2.75) is 19.8 Å². The fraction of sp³-hybridized carbons (Fsp3) is 0.222. The summed E-state index contributed by atoms with van der Waals surface area (Å²) in [5.74, 6) is -0.538. The van der Waals surface area contributed by atoms with Crippen molar-refractivity contribution in [2.24, 2.45) is 0 Å². The van der Waals surface area contributed by atoms with Crippen molar-refractivity contribution >= 4 is 28.9 Å². The molecule has 0 heterocycles. The van der Waals surface area contributed by atoms with Gasteiger partial charge < -0.3 is 10.1 Å². The highest BCUT2D eigenvalue weighted by atomic mass is 32.1. The Morgan fingerprint density at radius 2 is 1.80 bits per heavy atom. The lowest BCUT2D eigenvalue weighted by Gasteiger charge is -2.13. The summed E-state index contributed by atoms with van der Waals surface area (Å²) in [6.45, 7) is 3.90. The molecule has 0 spiro atoms. The summed E-state index contributed by atoms with van der Waals surface area (Å²) in [5.41, 5.74) is 6.98. The summed E-state index contributed by atoms with van der Waals surface area (Å²) in [7, 11) is 0. The van der Waals surface area contributed by atoms with Crippen molar-refractivity contribution in [1.29, 1.82) is 0 Å². The zero-order valence-corrected chi connectivity index (χ0v) is 14.8. The third-order valence-corrected chi connectivity index (χ3v) is 3.55. The molecular weight excluding hydrogens is 341 g/mol. The standard InChI is InChI=1S/C18H20FN3O2S/c1-12(2)13-7-9-14(10-8-13)20-18(25)22-21-17(23)11-24-16-6-4-3-5-15(16)19/h3-10,12H,11H2,1-2H3,(H,21,23)(H2,20,22,25). The predicted molar refractivity (Wildman–Crippen MR) is 99.9 cm³/mol. The molecular formula is C18H20FN3O2S. The van der Waals surface area contributed by atoms with Gasteiger partial charge in [0.15, 0.2) is 23.3 Å². The summed E-state index contributed by atoms with van der Waals surface area (Å²) in [4.78, 5) is 11.7. The Morgan fingerprint density at radius 3 is 2.44 bits per heavy atom. The minimum Gasteiger partial charge on any atom is -0.481 e. The molecule has 0 radical (unpaired) electrons. The van der Waals surface area contributed by atoms with E-state index in [1.54, 1.807) is 12.1 Å². The van der Waals surface area contributed by atoms with E-state index in [2.05, 4.69) is 30.0 Å². The molecule has 7 heteroatoms. The van der Waals surface area contributed by atoms with Crippen LogP contribution < -0.4 is 20.9 Å². The smallest absolute Gasteiger partial charge is 0.276 e. The van der Waals surface area contributed by atoms with Gasteiger partial charge in [0.2, 0.25) is 0 Å². The van der Waals surface area contributed by atoms with E-state index < -0.39 is 11.7 Å². The maximum Gasteiger partial charge on any atom is 0.276 e. The number of hydrogen-bond donors (Lipinski definition) is 3. The van der Waals surface area contributed by atoms with Crippen LogP contribution in [0.15, 0.2) is 48.5 Å². The second-order valence-corrected chi connectivity index (χ2v) is 6.03. The van der Waals surface area contributed by atoms with E-state index in [1.165, 1.54) is 17.7 Å². The van der Waals surface area contributed by atoms with Crippen LogP contribution in [0.25, 0.3) is 0 Å². The molecule has 0 aromatic heterocycles. The minimum atomic E-state index is -0.523. The normalized spacial score (nSPS) is 10.2. The van der Waals surface area contributed by atoms with E-state index in [1.807, 2.05) is 24.3 Å². The first-order chi connectivity index (χ1) is 12.0. The van der Waals surface area contributed by atoms with E-state index in [0.29, 0.717) is 5.92 Å². The molecule has 2 rings (SSSR count). The zero-order valence-electron chi connectivity index (χ0n) is 14.0. The van der Waals surface area contributed by atoms with Crippen LogP contribution in [0.5, 0.6) is 5.75 Å². The maximum atomic E-state index is 13.4. The zero-order chi connectivity index (χ0) is 18.2. The monoisotopic (exact) mass is 361 g/mol. The summed E-state index contributed by atoms with van der Waals surface area (Å²) >= 11 is 5.10. The van der Waals surface area contributed by atoms with Crippen LogP contribution in [-0.2, 0) is 4.79 Å². The number of benzene rings is 2. The number of halogens is 1. The third-order valence-electron chi connectivity index (χ3n) is 3.35. The van der Waals surface area contributed by atoms with Crippen LogP contribution in [0.2, 0.25) is 0 Å². The molecule has 0 bridgehead atoms. The molecule has 3 N–H and O–H groups in total. The number of rotatable bonds is 5. The predicted octanol–water partition coefficient (Wildman–Crippen LogP) is 3.35. The number of carbonyl (C=O) groups excluding carboxylic acids is 1. The molecule has 0 saturated carbocycles. The Morgan fingerprint density at radius 1 is 1.12 bits per heavy atom. The first kappa shape index (κ1) is 18.7. The Bertz CT molecular complexity index is 735. The van der Waals surface area contributed by atoms with Crippen molar-refractivity contribution in [3.8, 4) is 5.75 Å². The van der Waals surface area contributed by atoms with Gasteiger partial charge in [0.05, 0.1) is 0 Å². The molecule has 0 atom stereocenters. The highest BCUT2D eigenvalue weighted by Crippen LogP contribution is 2.17. The van der Waals surface area contributed by atoms with Crippen LogP contribution in [-0.4, -0.2) is 17.6 Å². The lowest BCUT2D eigenvalue weighted by Crippen LogP contribution is -2.45. The summed E-state index contributed by atoms with van der Waals surface area (Å²) < 4.78 is 18.5. The number of anilines is 1. The van der Waals surface area contributed by atoms with Gasteiger partial charge in [-0.25, -0.2) is 4.39 Å². The van der Waals surface area contributed by atoms with Crippen molar-refractivity contribution < 1.29 is 13.9 Å². The van der Waals surface area contributed by atoms with Gasteiger partial charge in [0, 0.05) is 5.69 Å². The Balaban J connectivity index is 1.74. The maximum absolute atomic E-state index is 13.4. The SMILES string of the molecule is CC(C)c1ccc(NC(=S)NNC(=O)COc2ccccc2F)cc1. The van der Waals surface area contributed by atoms with Crippen LogP contribution in [0.1, 0.15) is 25.3 Å². The Kier molecular flexibility index (Phi) is 6.71. The van der Waals surface area contributed by atoms with E-state index in [4.69, 9.17) is 17.0 Å². The molecule has 2 aromatic rings. The number of ether oxygens (including phenoxy) is 1.